The lowest BCUT2D eigenvalue weighted by molar-refractivity contribution is 0.0950. The fraction of sp³-hybridized carbons (Fsp3) is 0.0833. The van der Waals surface area contributed by atoms with Crippen molar-refractivity contribution in [1.82, 2.24) is 15.3 Å². The van der Waals surface area contributed by atoms with Crippen molar-refractivity contribution in [3.63, 3.8) is 0 Å². The molecule has 86 valence electrons. The fourth-order valence-electron chi connectivity index (χ4n) is 1.34. The van der Waals surface area contributed by atoms with Crippen molar-refractivity contribution in [2.75, 3.05) is 0 Å². The number of H-pyrrole nitrogens is 1. The summed E-state index contributed by atoms with van der Waals surface area (Å²) in [6.07, 6.45) is 4.73. The molecule has 1 amide bonds. The molecule has 5 heteroatoms. The molecule has 17 heavy (non-hydrogen) atoms. The van der Waals surface area contributed by atoms with Gasteiger partial charge in [0.05, 0.1) is 5.56 Å². The highest BCUT2D eigenvalue weighted by Gasteiger charge is 2.04. The van der Waals surface area contributed by atoms with Gasteiger partial charge in [-0.05, 0) is 23.8 Å². The topological polar surface area (TPSA) is 74.8 Å². The lowest BCUT2D eigenvalue weighted by Gasteiger charge is -2.04. The van der Waals surface area contributed by atoms with E-state index in [1.807, 2.05) is 12.1 Å². The molecule has 0 aliphatic carbocycles. The molecule has 2 N–H and O–H groups in total. The first-order chi connectivity index (χ1) is 8.25. The Balaban J connectivity index is 1.98. The molecule has 2 rings (SSSR count). The Hall–Kier alpha value is -2.43. The molecule has 2 aromatic heterocycles. The van der Waals surface area contributed by atoms with Gasteiger partial charge in [0.1, 0.15) is 0 Å². The zero-order chi connectivity index (χ0) is 12.1. The van der Waals surface area contributed by atoms with Gasteiger partial charge >= 0.3 is 0 Å². The number of nitrogens with one attached hydrogen (secondary N) is 2. The van der Waals surface area contributed by atoms with Crippen LogP contribution in [-0.4, -0.2) is 15.9 Å². The summed E-state index contributed by atoms with van der Waals surface area (Å²) in [5, 5.41) is 2.75. The normalized spacial score (nSPS) is 9.88. The van der Waals surface area contributed by atoms with Gasteiger partial charge in [0.2, 0.25) is 5.56 Å². The Labute approximate surface area is 97.5 Å². The SMILES string of the molecule is O=C(NCc1ccncc1)c1ccc(=O)[nH]c1. The predicted octanol–water partition coefficient (Wildman–Crippen LogP) is 0.700. The van der Waals surface area contributed by atoms with Crippen LogP contribution in [0.25, 0.3) is 0 Å². The van der Waals surface area contributed by atoms with Crippen LogP contribution in [0.4, 0.5) is 0 Å². The smallest absolute Gasteiger partial charge is 0.253 e. The van der Waals surface area contributed by atoms with Gasteiger partial charge < -0.3 is 10.3 Å². The highest BCUT2D eigenvalue weighted by atomic mass is 16.1. The van der Waals surface area contributed by atoms with Crippen molar-refractivity contribution in [2.45, 2.75) is 6.54 Å². The summed E-state index contributed by atoms with van der Waals surface area (Å²) < 4.78 is 0. The molecule has 0 saturated heterocycles. The van der Waals surface area contributed by atoms with E-state index in [2.05, 4.69) is 15.3 Å². The van der Waals surface area contributed by atoms with Gasteiger partial charge in [0.15, 0.2) is 0 Å². The molecule has 0 bridgehead atoms. The molecule has 0 saturated carbocycles. The Morgan fingerprint density at radius 3 is 2.65 bits per heavy atom. The van der Waals surface area contributed by atoms with Crippen LogP contribution in [0.2, 0.25) is 0 Å². The summed E-state index contributed by atoms with van der Waals surface area (Å²) in [4.78, 5) is 28.9. The van der Waals surface area contributed by atoms with E-state index in [0.717, 1.165) is 5.56 Å². The molecular formula is C12H11N3O2. The van der Waals surface area contributed by atoms with Crippen LogP contribution in [0.3, 0.4) is 0 Å². The monoisotopic (exact) mass is 229 g/mol. The van der Waals surface area contributed by atoms with E-state index in [0.29, 0.717) is 12.1 Å². The summed E-state index contributed by atoms with van der Waals surface area (Å²) in [6.45, 7) is 0.431. The van der Waals surface area contributed by atoms with Crippen molar-refractivity contribution in [1.29, 1.82) is 0 Å². The molecule has 0 spiro atoms. The Morgan fingerprint density at radius 2 is 2.00 bits per heavy atom. The number of pyridine rings is 2. The quantitative estimate of drug-likeness (QED) is 0.813. The van der Waals surface area contributed by atoms with Crippen LogP contribution in [0.5, 0.6) is 0 Å². The van der Waals surface area contributed by atoms with Gasteiger partial charge in [-0.3, -0.25) is 14.6 Å². The molecule has 0 radical (unpaired) electrons. The van der Waals surface area contributed by atoms with Crippen LogP contribution >= 0.6 is 0 Å². The minimum Gasteiger partial charge on any atom is -0.348 e. The van der Waals surface area contributed by atoms with Gasteiger partial charge in [0, 0.05) is 31.2 Å². The number of amides is 1. The number of carbonyl (C=O) groups is 1. The van der Waals surface area contributed by atoms with E-state index < -0.39 is 0 Å². The molecule has 0 aliphatic heterocycles. The third-order valence-corrected chi connectivity index (χ3v) is 2.25. The van der Waals surface area contributed by atoms with Gasteiger partial charge in [-0.1, -0.05) is 0 Å². The van der Waals surface area contributed by atoms with Crippen LogP contribution in [0.15, 0.2) is 47.7 Å². The zero-order valence-corrected chi connectivity index (χ0v) is 9.01. The third-order valence-electron chi connectivity index (χ3n) is 2.25. The summed E-state index contributed by atoms with van der Waals surface area (Å²) >= 11 is 0. The number of aromatic nitrogens is 2. The second kappa shape index (κ2) is 5.07. The Bertz CT molecular complexity index is 543. The van der Waals surface area contributed by atoms with E-state index in [4.69, 9.17) is 0 Å². The third kappa shape index (κ3) is 3.01. The van der Waals surface area contributed by atoms with Gasteiger partial charge in [-0.15, -0.1) is 0 Å². The maximum atomic E-state index is 11.7. The van der Waals surface area contributed by atoms with Crippen molar-refractivity contribution >= 4 is 5.91 Å². The molecule has 0 fully saturated rings. The maximum Gasteiger partial charge on any atom is 0.253 e. The number of rotatable bonds is 3. The molecule has 0 aromatic carbocycles. The van der Waals surface area contributed by atoms with Crippen LogP contribution in [-0.2, 0) is 6.54 Å². The Kier molecular flexibility index (Phi) is 3.30. The summed E-state index contributed by atoms with van der Waals surface area (Å²) in [6, 6.07) is 6.46. The number of aromatic amines is 1. The van der Waals surface area contributed by atoms with Gasteiger partial charge in [-0.2, -0.15) is 0 Å². The molecule has 0 aliphatic rings. The summed E-state index contributed by atoms with van der Waals surface area (Å²) in [5.41, 5.74) is 1.17. The zero-order valence-electron chi connectivity index (χ0n) is 9.01. The highest BCUT2D eigenvalue weighted by Crippen LogP contribution is 1.97. The molecular weight excluding hydrogens is 218 g/mol. The van der Waals surface area contributed by atoms with E-state index in [1.54, 1.807) is 12.4 Å². The predicted molar refractivity (Wildman–Crippen MR) is 62.5 cm³/mol. The Morgan fingerprint density at radius 1 is 1.24 bits per heavy atom. The number of nitrogens with zero attached hydrogens (tertiary/aromatic N) is 1. The van der Waals surface area contributed by atoms with Crippen LogP contribution < -0.4 is 10.9 Å². The van der Waals surface area contributed by atoms with Crippen molar-refractivity contribution in [3.8, 4) is 0 Å². The summed E-state index contributed by atoms with van der Waals surface area (Å²) in [5.74, 6) is -0.224. The van der Waals surface area contributed by atoms with Gasteiger partial charge in [0.25, 0.3) is 5.91 Å². The van der Waals surface area contributed by atoms with E-state index in [-0.39, 0.29) is 11.5 Å². The average Bonchev–Trinajstić information content (AvgIpc) is 2.38. The first kappa shape index (κ1) is 11.1. The molecule has 0 unspecified atom stereocenters. The van der Waals surface area contributed by atoms with E-state index >= 15 is 0 Å². The lowest BCUT2D eigenvalue weighted by Crippen LogP contribution is -2.23. The van der Waals surface area contributed by atoms with Crippen molar-refractivity contribution in [2.24, 2.45) is 0 Å². The minimum absolute atomic E-state index is 0.224. The number of hydrogen-bond donors (Lipinski definition) is 2. The first-order valence-electron chi connectivity index (χ1n) is 5.11. The number of carbonyl (C=O) groups excluding carboxylic acids is 1. The van der Waals surface area contributed by atoms with Crippen LogP contribution in [0, 0.1) is 0 Å². The second-order valence-electron chi connectivity index (χ2n) is 3.48. The average molecular weight is 229 g/mol. The second-order valence-corrected chi connectivity index (χ2v) is 3.48. The fourth-order valence-corrected chi connectivity index (χ4v) is 1.34. The van der Waals surface area contributed by atoms with Gasteiger partial charge in [-0.25, -0.2) is 0 Å². The van der Waals surface area contributed by atoms with E-state index in [9.17, 15) is 9.59 Å². The molecule has 2 heterocycles. The standard InChI is InChI=1S/C12H11N3O2/c16-11-2-1-10(8-14-11)12(17)15-7-9-3-5-13-6-4-9/h1-6,8H,7H2,(H,14,16)(H,15,17). The van der Waals surface area contributed by atoms with Crippen LogP contribution in [0.1, 0.15) is 15.9 Å². The first-order valence-corrected chi connectivity index (χ1v) is 5.11. The maximum absolute atomic E-state index is 11.7. The molecule has 5 nitrogen and oxygen atoms in total. The lowest BCUT2D eigenvalue weighted by atomic mass is 10.2. The van der Waals surface area contributed by atoms with Crippen molar-refractivity contribution in [3.05, 3.63) is 64.3 Å². The largest absolute Gasteiger partial charge is 0.348 e. The number of hydrogen-bond acceptors (Lipinski definition) is 3. The molecule has 2 aromatic rings. The molecule has 0 atom stereocenters. The highest BCUT2D eigenvalue weighted by molar-refractivity contribution is 5.93. The van der Waals surface area contributed by atoms with Crippen molar-refractivity contribution < 1.29 is 4.79 Å². The minimum atomic E-state index is -0.226. The van der Waals surface area contributed by atoms with E-state index in [1.165, 1.54) is 18.3 Å². The summed E-state index contributed by atoms with van der Waals surface area (Å²) in [7, 11) is 0.